The van der Waals surface area contributed by atoms with E-state index in [2.05, 4.69) is 20.3 Å². The lowest BCUT2D eigenvalue weighted by Gasteiger charge is -2.19. The zero-order chi connectivity index (χ0) is 16.9. The molecule has 0 radical (unpaired) electrons. The van der Waals surface area contributed by atoms with Crippen molar-refractivity contribution in [1.29, 1.82) is 10.5 Å². The molecule has 0 aliphatic carbocycles. The number of para-hydroxylation sites is 1. The van der Waals surface area contributed by atoms with Crippen LogP contribution in [-0.2, 0) is 0 Å². The number of hydrogen-bond donors (Lipinski definition) is 2. The van der Waals surface area contributed by atoms with E-state index in [0.717, 1.165) is 10.2 Å². The minimum atomic E-state index is 0.00928. The predicted molar refractivity (Wildman–Crippen MR) is 92.8 cm³/mol. The highest BCUT2D eigenvalue weighted by Gasteiger charge is 2.16. The molecule has 3 rings (SSSR count). The number of nitrogens with two attached hydrogens (primary N) is 1. The standard InChI is InChI=1S/C15H12N8S/c16-5-7-23(8-6-17)14-12(18)13(19-9-20-14)22-15-21-10-3-1-2-4-11(10)24-15/h1-4,9H,7-8,18H2,(H,19,20,21,22). The second-order valence-electron chi connectivity index (χ2n) is 4.74. The lowest BCUT2D eigenvalue weighted by Crippen LogP contribution is -2.26. The first kappa shape index (κ1) is 15.5. The van der Waals surface area contributed by atoms with Crippen LogP contribution in [0.15, 0.2) is 30.6 Å². The van der Waals surface area contributed by atoms with E-state index in [1.165, 1.54) is 22.6 Å². The minimum Gasteiger partial charge on any atom is -0.393 e. The minimum absolute atomic E-state index is 0.00928. The number of hydrogen-bond acceptors (Lipinski definition) is 9. The van der Waals surface area contributed by atoms with Gasteiger partial charge in [0.15, 0.2) is 16.8 Å². The molecule has 1 aromatic carbocycles. The maximum Gasteiger partial charge on any atom is 0.189 e. The number of nitriles is 2. The Labute approximate surface area is 141 Å². The van der Waals surface area contributed by atoms with Crippen LogP contribution in [0.4, 0.5) is 22.5 Å². The number of nitrogens with one attached hydrogen (secondary N) is 1. The first-order valence-electron chi connectivity index (χ1n) is 6.95. The quantitative estimate of drug-likeness (QED) is 0.679. The Balaban J connectivity index is 1.92. The van der Waals surface area contributed by atoms with Crippen molar-refractivity contribution in [3.63, 3.8) is 0 Å². The Morgan fingerprint density at radius 1 is 1.17 bits per heavy atom. The number of thiazole rings is 1. The van der Waals surface area contributed by atoms with Crippen molar-refractivity contribution in [3.8, 4) is 12.1 Å². The van der Waals surface area contributed by atoms with E-state index in [1.807, 2.05) is 36.4 Å². The fourth-order valence-corrected chi connectivity index (χ4v) is 3.01. The highest BCUT2D eigenvalue weighted by atomic mass is 32.1. The molecule has 8 nitrogen and oxygen atoms in total. The monoisotopic (exact) mass is 336 g/mol. The number of anilines is 4. The van der Waals surface area contributed by atoms with Gasteiger partial charge in [-0.2, -0.15) is 10.5 Å². The second kappa shape index (κ2) is 6.77. The van der Waals surface area contributed by atoms with E-state index in [4.69, 9.17) is 16.3 Å². The summed E-state index contributed by atoms with van der Waals surface area (Å²) in [7, 11) is 0. The SMILES string of the molecule is N#CCN(CC#N)c1ncnc(Nc2nc3ccccc3s2)c1N. The summed E-state index contributed by atoms with van der Waals surface area (Å²) in [5, 5.41) is 21.5. The lowest BCUT2D eigenvalue weighted by molar-refractivity contribution is 0.929. The smallest absolute Gasteiger partial charge is 0.189 e. The van der Waals surface area contributed by atoms with E-state index < -0.39 is 0 Å². The van der Waals surface area contributed by atoms with E-state index >= 15 is 0 Å². The maximum absolute atomic E-state index is 8.89. The van der Waals surface area contributed by atoms with Crippen LogP contribution in [0.1, 0.15) is 0 Å². The number of benzene rings is 1. The molecule has 0 unspecified atom stereocenters. The van der Waals surface area contributed by atoms with Crippen molar-refractivity contribution in [3.05, 3.63) is 30.6 Å². The maximum atomic E-state index is 8.89. The predicted octanol–water partition coefficient (Wildman–Crippen LogP) is 2.27. The summed E-state index contributed by atoms with van der Waals surface area (Å²) in [5.74, 6) is 0.733. The molecule has 3 N–H and O–H groups in total. The van der Waals surface area contributed by atoms with E-state index in [-0.39, 0.29) is 18.8 Å². The van der Waals surface area contributed by atoms with E-state index in [1.54, 1.807) is 0 Å². The third-order valence-electron chi connectivity index (χ3n) is 3.20. The van der Waals surface area contributed by atoms with Gasteiger partial charge in [-0.05, 0) is 12.1 Å². The van der Waals surface area contributed by atoms with Crippen molar-refractivity contribution in [1.82, 2.24) is 15.0 Å². The molecule has 2 heterocycles. The van der Waals surface area contributed by atoms with Crippen LogP contribution in [0, 0.1) is 22.7 Å². The van der Waals surface area contributed by atoms with Crippen LogP contribution in [0.3, 0.4) is 0 Å². The molecule has 3 aromatic rings. The van der Waals surface area contributed by atoms with Gasteiger partial charge in [-0.15, -0.1) is 0 Å². The average molecular weight is 336 g/mol. The number of rotatable bonds is 5. The van der Waals surface area contributed by atoms with Crippen molar-refractivity contribution >= 4 is 44.0 Å². The zero-order valence-corrected chi connectivity index (χ0v) is 13.3. The molecule has 0 amide bonds. The van der Waals surface area contributed by atoms with Crippen LogP contribution in [0.25, 0.3) is 10.2 Å². The molecular formula is C15H12N8S. The van der Waals surface area contributed by atoms with Gasteiger partial charge in [-0.1, -0.05) is 23.5 Å². The molecule has 2 aromatic heterocycles. The highest BCUT2D eigenvalue weighted by Crippen LogP contribution is 2.32. The fourth-order valence-electron chi connectivity index (χ4n) is 2.14. The van der Waals surface area contributed by atoms with Crippen LogP contribution in [0.5, 0.6) is 0 Å². The number of fused-ring (bicyclic) bond motifs is 1. The van der Waals surface area contributed by atoms with Gasteiger partial charge >= 0.3 is 0 Å². The largest absolute Gasteiger partial charge is 0.393 e. The van der Waals surface area contributed by atoms with Crippen LogP contribution >= 0.6 is 11.3 Å². The van der Waals surface area contributed by atoms with Crippen molar-refractivity contribution < 1.29 is 0 Å². The molecule has 118 valence electrons. The Bertz CT molecular complexity index is 903. The molecule has 0 saturated heterocycles. The molecule has 0 bridgehead atoms. The molecule has 0 aliphatic heterocycles. The van der Waals surface area contributed by atoms with Crippen LogP contribution < -0.4 is 16.0 Å². The van der Waals surface area contributed by atoms with Crippen molar-refractivity contribution in [2.24, 2.45) is 0 Å². The van der Waals surface area contributed by atoms with Gasteiger partial charge in [-0.3, -0.25) is 0 Å². The van der Waals surface area contributed by atoms with Crippen LogP contribution in [0.2, 0.25) is 0 Å². The Morgan fingerprint density at radius 2 is 1.92 bits per heavy atom. The summed E-state index contributed by atoms with van der Waals surface area (Å²) in [4.78, 5) is 14.2. The average Bonchev–Trinajstić information content (AvgIpc) is 2.99. The summed E-state index contributed by atoms with van der Waals surface area (Å²) in [5.41, 5.74) is 7.26. The molecule has 0 atom stereocenters. The lowest BCUT2D eigenvalue weighted by atomic mass is 10.3. The first-order valence-corrected chi connectivity index (χ1v) is 7.76. The van der Waals surface area contributed by atoms with Crippen molar-refractivity contribution in [2.45, 2.75) is 0 Å². The van der Waals surface area contributed by atoms with Gasteiger partial charge < -0.3 is 16.0 Å². The summed E-state index contributed by atoms with van der Waals surface area (Å²) in [6.07, 6.45) is 1.34. The fraction of sp³-hybridized carbons (Fsp3) is 0.133. The topological polar surface area (TPSA) is 128 Å². The summed E-state index contributed by atoms with van der Waals surface area (Å²) in [6.45, 7) is 0.0186. The number of nitrogens with zero attached hydrogens (tertiary/aromatic N) is 6. The van der Waals surface area contributed by atoms with Crippen molar-refractivity contribution in [2.75, 3.05) is 29.0 Å². The van der Waals surface area contributed by atoms with Gasteiger partial charge in [0, 0.05) is 0 Å². The number of aromatic nitrogens is 3. The summed E-state index contributed by atoms with van der Waals surface area (Å²) in [6, 6.07) is 11.8. The third kappa shape index (κ3) is 3.02. The van der Waals surface area contributed by atoms with E-state index in [9.17, 15) is 0 Å². The molecule has 0 aliphatic rings. The number of nitrogen functional groups attached to an aromatic ring is 1. The van der Waals surface area contributed by atoms with E-state index in [0.29, 0.717) is 16.8 Å². The van der Waals surface area contributed by atoms with Gasteiger partial charge in [0.05, 0.1) is 22.4 Å². The Kier molecular flexibility index (Phi) is 4.36. The zero-order valence-electron chi connectivity index (χ0n) is 12.5. The molecular weight excluding hydrogens is 324 g/mol. The first-order chi connectivity index (χ1) is 11.7. The molecule has 0 saturated carbocycles. The third-order valence-corrected chi connectivity index (χ3v) is 4.16. The summed E-state index contributed by atoms with van der Waals surface area (Å²) < 4.78 is 1.04. The molecule has 9 heteroatoms. The second-order valence-corrected chi connectivity index (χ2v) is 5.77. The van der Waals surface area contributed by atoms with Crippen LogP contribution in [-0.4, -0.2) is 28.0 Å². The Hall–Kier alpha value is -3.43. The molecule has 0 fully saturated rings. The Morgan fingerprint density at radius 3 is 2.62 bits per heavy atom. The summed E-state index contributed by atoms with van der Waals surface area (Å²) >= 11 is 1.48. The van der Waals surface area contributed by atoms with Gasteiger partial charge in [0.25, 0.3) is 0 Å². The normalized spacial score (nSPS) is 10.1. The van der Waals surface area contributed by atoms with Gasteiger partial charge in [0.2, 0.25) is 0 Å². The van der Waals surface area contributed by atoms with Gasteiger partial charge in [-0.25, -0.2) is 15.0 Å². The molecule has 0 spiro atoms. The highest BCUT2D eigenvalue weighted by molar-refractivity contribution is 7.22. The molecule has 24 heavy (non-hydrogen) atoms. The van der Waals surface area contributed by atoms with Gasteiger partial charge in [0.1, 0.15) is 25.1 Å².